The fraction of sp³-hybridized carbons (Fsp3) is 0.429. The molecular formula is C7H11N3O3S. The molecule has 7 heteroatoms. The van der Waals surface area contributed by atoms with Crippen molar-refractivity contribution >= 4 is 10.0 Å². The third-order valence-corrected chi connectivity index (χ3v) is 2.52. The van der Waals surface area contributed by atoms with Gasteiger partial charge in [-0.3, -0.25) is 9.97 Å². The summed E-state index contributed by atoms with van der Waals surface area (Å²) in [7, 11) is -3.92. The molecule has 0 aliphatic heterocycles. The van der Waals surface area contributed by atoms with Gasteiger partial charge in [-0.1, -0.05) is 0 Å². The quantitative estimate of drug-likeness (QED) is 0.670. The molecule has 0 bridgehead atoms. The van der Waals surface area contributed by atoms with Crippen molar-refractivity contribution in [2.75, 3.05) is 0 Å². The largest absolute Gasteiger partial charge is 0.376 e. The summed E-state index contributed by atoms with van der Waals surface area (Å²) in [5.41, 5.74) is -0.518. The molecular weight excluding hydrogens is 206 g/mol. The summed E-state index contributed by atoms with van der Waals surface area (Å²) in [5, 5.41) is 13.9. The summed E-state index contributed by atoms with van der Waals surface area (Å²) >= 11 is 0. The predicted molar refractivity (Wildman–Crippen MR) is 49.6 cm³/mol. The van der Waals surface area contributed by atoms with Gasteiger partial charge >= 0.3 is 0 Å². The van der Waals surface area contributed by atoms with E-state index in [1.165, 1.54) is 12.4 Å². The first-order valence-corrected chi connectivity index (χ1v) is 5.48. The minimum Gasteiger partial charge on any atom is -0.376 e. The highest BCUT2D eigenvalue weighted by molar-refractivity contribution is 7.89. The van der Waals surface area contributed by atoms with Gasteiger partial charge in [0.1, 0.15) is 0 Å². The monoisotopic (exact) mass is 217 g/mol. The molecule has 0 saturated carbocycles. The number of sulfonamides is 1. The molecule has 0 amide bonds. The predicted octanol–water partition coefficient (Wildman–Crippen LogP) is -1.07. The lowest BCUT2D eigenvalue weighted by molar-refractivity contribution is 0.248. The average molecular weight is 217 g/mol. The highest BCUT2D eigenvalue weighted by Gasteiger charge is 2.18. The fourth-order valence-corrected chi connectivity index (χ4v) is 1.22. The van der Waals surface area contributed by atoms with E-state index in [2.05, 4.69) is 9.97 Å². The Kier molecular flexibility index (Phi) is 3.14. The van der Waals surface area contributed by atoms with E-state index in [-0.39, 0.29) is 6.42 Å². The lowest BCUT2D eigenvalue weighted by Gasteiger charge is -2.06. The van der Waals surface area contributed by atoms with Crippen LogP contribution in [-0.2, 0) is 16.4 Å². The van der Waals surface area contributed by atoms with Gasteiger partial charge in [0, 0.05) is 18.8 Å². The zero-order valence-electron chi connectivity index (χ0n) is 7.58. The molecule has 1 heterocycles. The molecule has 0 aliphatic rings. The van der Waals surface area contributed by atoms with Crippen LogP contribution in [0.3, 0.4) is 0 Å². The maximum absolute atomic E-state index is 10.7. The fourth-order valence-electron chi connectivity index (χ4n) is 0.820. The molecule has 0 fully saturated rings. The molecule has 1 aromatic heterocycles. The third-order valence-electron chi connectivity index (χ3n) is 1.60. The van der Waals surface area contributed by atoms with E-state index in [9.17, 15) is 8.42 Å². The summed E-state index contributed by atoms with van der Waals surface area (Å²) in [4.78, 5) is 7.79. The Labute approximate surface area is 81.9 Å². The van der Waals surface area contributed by atoms with Gasteiger partial charge in [-0.15, -0.1) is 0 Å². The first-order chi connectivity index (χ1) is 6.39. The first kappa shape index (κ1) is 11.0. The molecule has 14 heavy (non-hydrogen) atoms. The van der Waals surface area contributed by atoms with E-state index in [0.29, 0.717) is 5.69 Å². The highest BCUT2D eigenvalue weighted by atomic mass is 32.2. The number of aliphatic hydroxyl groups excluding tert-OH is 1. The number of aromatic nitrogens is 2. The van der Waals surface area contributed by atoms with Crippen LogP contribution in [0, 0.1) is 6.92 Å². The van der Waals surface area contributed by atoms with Crippen molar-refractivity contribution in [1.82, 2.24) is 9.97 Å². The van der Waals surface area contributed by atoms with Gasteiger partial charge in [-0.05, 0) is 6.92 Å². The van der Waals surface area contributed by atoms with Crippen molar-refractivity contribution in [3.63, 3.8) is 0 Å². The molecule has 0 aromatic carbocycles. The smallest absolute Gasteiger partial charge is 0.236 e. The molecule has 1 aromatic rings. The second kappa shape index (κ2) is 3.99. The summed E-state index contributed by atoms with van der Waals surface area (Å²) in [5.74, 6) is 0. The van der Waals surface area contributed by atoms with Crippen LogP contribution < -0.4 is 5.14 Å². The molecule has 1 atom stereocenters. The van der Waals surface area contributed by atoms with Crippen molar-refractivity contribution in [2.45, 2.75) is 18.8 Å². The number of rotatable bonds is 3. The Morgan fingerprint density at radius 1 is 1.50 bits per heavy atom. The van der Waals surface area contributed by atoms with E-state index in [1.54, 1.807) is 6.92 Å². The maximum atomic E-state index is 10.7. The van der Waals surface area contributed by atoms with Crippen LogP contribution in [0.4, 0.5) is 0 Å². The van der Waals surface area contributed by atoms with Gasteiger partial charge in [-0.2, -0.15) is 0 Å². The zero-order valence-corrected chi connectivity index (χ0v) is 8.40. The van der Waals surface area contributed by atoms with Crippen LogP contribution >= 0.6 is 0 Å². The number of nitrogens with two attached hydrogens (primary N) is 1. The van der Waals surface area contributed by atoms with Crippen molar-refractivity contribution in [3.05, 3.63) is 23.8 Å². The van der Waals surface area contributed by atoms with Gasteiger partial charge in [0.2, 0.25) is 10.0 Å². The van der Waals surface area contributed by atoms with Gasteiger partial charge in [0.15, 0.2) is 5.44 Å². The van der Waals surface area contributed by atoms with Gasteiger partial charge in [0.05, 0.1) is 11.4 Å². The van der Waals surface area contributed by atoms with Crippen molar-refractivity contribution in [1.29, 1.82) is 0 Å². The number of aryl methyl sites for hydroxylation is 1. The Morgan fingerprint density at radius 3 is 2.57 bits per heavy atom. The summed E-state index contributed by atoms with van der Waals surface area (Å²) in [6.45, 7) is 1.76. The second-order valence-electron chi connectivity index (χ2n) is 2.90. The number of hydrogen-bond donors (Lipinski definition) is 2. The van der Waals surface area contributed by atoms with E-state index in [4.69, 9.17) is 10.2 Å². The molecule has 6 nitrogen and oxygen atoms in total. The molecule has 3 N–H and O–H groups in total. The van der Waals surface area contributed by atoms with E-state index in [1.807, 2.05) is 0 Å². The molecule has 78 valence electrons. The Balaban J connectivity index is 2.75. The van der Waals surface area contributed by atoms with Crippen LogP contribution in [0.5, 0.6) is 0 Å². The minimum atomic E-state index is -3.92. The zero-order chi connectivity index (χ0) is 10.8. The van der Waals surface area contributed by atoms with E-state index >= 15 is 0 Å². The average Bonchev–Trinajstić information content (AvgIpc) is 2.07. The van der Waals surface area contributed by atoms with Crippen molar-refractivity contribution in [3.8, 4) is 0 Å². The Hall–Kier alpha value is -1.05. The van der Waals surface area contributed by atoms with E-state index < -0.39 is 15.5 Å². The highest BCUT2D eigenvalue weighted by Crippen LogP contribution is 2.02. The third kappa shape index (κ3) is 3.02. The van der Waals surface area contributed by atoms with Gasteiger partial charge in [-0.25, -0.2) is 13.6 Å². The van der Waals surface area contributed by atoms with Gasteiger partial charge < -0.3 is 5.11 Å². The molecule has 0 saturated heterocycles. The van der Waals surface area contributed by atoms with Crippen LogP contribution in [0.25, 0.3) is 0 Å². The molecule has 1 rings (SSSR count). The summed E-state index contributed by atoms with van der Waals surface area (Å²) in [6.07, 6.45) is 2.75. The maximum Gasteiger partial charge on any atom is 0.236 e. The molecule has 1 unspecified atom stereocenters. The number of primary sulfonamides is 1. The SMILES string of the molecule is Cc1cnc(CC(O)S(N)(=O)=O)cn1. The Morgan fingerprint density at radius 2 is 2.14 bits per heavy atom. The molecule has 0 aliphatic carbocycles. The molecule has 0 spiro atoms. The van der Waals surface area contributed by atoms with Gasteiger partial charge in [0.25, 0.3) is 0 Å². The normalized spacial score (nSPS) is 13.9. The van der Waals surface area contributed by atoms with Crippen LogP contribution in [0.2, 0.25) is 0 Å². The first-order valence-electron chi connectivity index (χ1n) is 3.87. The number of nitrogens with zero attached hydrogens (tertiary/aromatic N) is 2. The van der Waals surface area contributed by atoms with Crippen molar-refractivity contribution < 1.29 is 13.5 Å². The van der Waals surface area contributed by atoms with E-state index in [0.717, 1.165) is 5.69 Å². The summed E-state index contributed by atoms with van der Waals surface area (Å²) in [6, 6.07) is 0. The van der Waals surface area contributed by atoms with Crippen LogP contribution in [0.1, 0.15) is 11.4 Å². The Bertz CT molecular complexity index is 401. The van der Waals surface area contributed by atoms with Crippen LogP contribution in [0.15, 0.2) is 12.4 Å². The lowest BCUT2D eigenvalue weighted by Crippen LogP contribution is -2.30. The lowest BCUT2D eigenvalue weighted by atomic mass is 10.3. The second-order valence-corrected chi connectivity index (χ2v) is 4.62. The van der Waals surface area contributed by atoms with Crippen LogP contribution in [-0.4, -0.2) is 28.9 Å². The summed E-state index contributed by atoms with van der Waals surface area (Å²) < 4.78 is 21.4. The number of aliphatic hydroxyl groups is 1. The van der Waals surface area contributed by atoms with Crippen molar-refractivity contribution in [2.24, 2.45) is 5.14 Å². The topological polar surface area (TPSA) is 106 Å². The molecule has 0 radical (unpaired) electrons. The standard InChI is InChI=1S/C7H11N3O3S/c1-5-3-10-6(4-9-5)2-7(11)14(8,12)13/h3-4,7,11H,2H2,1H3,(H2,8,12,13). The number of hydrogen-bond acceptors (Lipinski definition) is 5. The minimum absolute atomic E-state index is 0.147.